The summed E-state index contributed by atoms with van der Waals surface area (Å²) in [6.07, 6.45) is 1.09. The second-order valence-corrected chi connectivity index (χ2v) is 3.34. The highest BCUT2D eigenvalue weighted by Gasteiger charge is 2.04. The zero-order valence-corrected chi connectivity index (χ0v) is 8.60. The number of halogens is 1. The van der Waals surface area contributed by atoms with Gasteiger partial charge in [0.05, 0.1) is 18.1 Å². The van der Waals surface area contributed by atoms with E-state index in [0.717, 1.165) is 11.8 Å². The normalized spacial score (nSPS) is 13.0. The second-order valence-electron chi connectivity index (χ2n) is 2.69. The van der Waals surface area contributed by atoms with E-state index < -0.39 is 0 Å². The van der Waals surface area contributed by atoms with Crippen LogP contribution in [0.4, 0.5) is 0 Å². The molecule has 1 unspecified atom stereocenters. The van der Waals surface area contributed by atoms with Gasteiger partial charge >= 0.3 is 0 Å². The summed E-state index contributed by atoms with van der Waals surface area (Å²) in [7, 11) is 0. The molecule has 2 nitrogen and oxygen atoms in total. The van der Waals surface area contributed by atoms with E-state index in [-0.39, 0.29) is 12.0 Å². The van der Waals surface area contributed by atoms with Gasteiger partial charge in [0.2, 0.25) is 0 Å². The second kappa shape index (κ2) is 6.63. The third kappa shape index (κ3) is 6.33. The van der Waals surface area contributed by atoms with Crippen molar-refractivity contribution in [3.05, 3.63) is 0 Å². The monoisotopic (exact) mass is 219 g/mol. The molecule has 0 saturated heterocycles. The fourth-order valence-electron chi connectivity index (χ4n) is 0.622. The smallest absolute Gasteiger partial charge is 0.0665 e. The summed E-state index contributed by atoms with van der Waals surface area (Å²) in [5.74, 6) is 0.0914. The number of hydrogen-bond donors (Lipinski definition) is 0. The molecule has 0 amide bonds. The highest BCUT2D eigenvalue weighted by atomic mass is 79.9. The van der Waals surface area contributed by atoms with Crippen molar-refractivity contribution in [1.82, 2.24) is 0 Å². The number of nitrogens with zero attached hydrogens (tertiary/aromatic N) is 1. The Hall–Kier alpha value is -0.0700. The van der Waals surface area contributed by atoms with Crippen molar-refractivity contribution in [2.75, 3.05) is 11.9 Å². The molecule has 64 valence electrons. The predicted octanol–water partition coefficient (Wildman–Crippen LogP) is 2.34. The lowest BCUT2D eigenvalue weighted by molar-refractivity contribution is 0.0733. The van der Waals surface area contributed by atoms with Gasteiger partial charge in [0, 0.05) is 11.9 Å². The molecule has 0 aliphatic heterocycles. The fourth-order valence-corrected chi connectivity index (χ4v) is 1.09. The third-order valence-corrected chi connectivity index (χ3v) is 2.07. The summed E-state index contributed by atoms with van der Waals surface area (Å²) in [5, 5.41) is 9.30. The summed E-state index contributed by atoms with van der Waals surface area (Å²) in [4.78, 5) is 0. The number of ether oxygens (including phenoxy) is 1. The van der Waals surface area contributed by atoms with Crippen LogP contribution in [0.5, 0.6) is 0 Å². The molecule has 0 aromatic rings. The Labute approximate surface area is 76.7 Å². The quantitative estimate of drug-likeness (QED) is 0.666. The standard InChI is InChI=1S/C8H14BrNO/c1-7(2)11-4-3-8(5-9)6-10/h7-8H,3-5H2,1-2H3. The van der Waals surface area contributed by atoms with Crippen molar-refractivity contribution in [2.24, 2.45) is 5.92 Å². The van der Waals surface area contributed by atoms with Crippen molar-refractivity contribution in [1.29, 1.82) is 5.26 Å². The number of hydrogen-bond acceptors (Lipinski definition) is 2. The Morgan fingerprint density at radius 3 is 2.55 bits per heavy atom. The van der Waals surface area contributed by atoms with Gasteiger partial charge < -0.3 is 4.74 Å². The molecule has 0 N–H and O–H groups in total. The molecule has 0 aliphatic rings. The van der Waals surface area contributed by atoms with E-state index in [4.69, 9.17) is 10.00 Å². The van der Waals surface area contributed by atoms with Gasteiger partial charge in [-0.1, -0.05) is 15.9 Å². The van der Waals surface area contributed by atoms with Crippen LogP contribution in [0.25, 0.3) is 0 Å². The summed E-state index contributed by atoms with van der Waals surface area (Å²) >= 11 is 3.27. The molecule has 0 saturated carbocycles. The van der Waals surface area contributed by atoms with Crippen LogP contribution in [0.1, 0.15) is 20.3 Å². The lowest BCUT2D eigenvalue weighted by atomic mass is 10.1. The Bertz CT molecular complexity index is 131. The molecule has 0 rings (SSSR count). The first-order chi connectivity index (χ1) is 5.20. The highest BCUT2D eigenvalue weighted by molar-refractivity contribution is 9.09. The van der Waals surface area contributed by atoms with E-state index in [1.807, 2.05) is 13.8 Å². The van der Waals surface area contributed by atoms with Crippen LogP contribution < -0.4 is 0 Å². The molecule has 0 aromatic carbocycles. The number of alkyl halides is 1. The minimum atomic E-state index is 0.0914. The van der Waals surface area contributed by atoms with Crippen LogP contribution >= 0.6 is 15.9 Å². The van der Waals surface area contributed by atoms with Gasteiger partial charge in [-0.3, -0.25) is 0 Å². The van der Waals surface area contributed by atoms with E-state index in [0.29, 0.717) is 6.61 Å². The maximum absolute atomic E-state index is 8.56. The topological polar surface area (TPSA) is 33.0 Å². The third-order valence-electron chi connectivity index (χ3n) is 1.29. The van der Waals surface area contributed by atoms with Crippen molar-refractivity contribution in [2.45, 2.75) is 26.4 Å². The van der Waals surface area contributed by atoms with E-state index in [2.05, 4.69) is 22.0 Å². The fraction of sp³-hybridized carbons (Fsp3) is 0.875. The highest BCUT2D eigenvalue weighted by Crippen LogP contribution is 2.05. The van der Waals surface area contributed by atoms with Gasteiger partial charge in [0.1, 0.15) is 0 Å². The summed E-state index contributed by atoms with van der Waals surface area (Å²) in [6, 6.07) is 2.20. The van der Waals surface area contributed by atoms with E-state index in [1.54, 1.807) is 0 Å². The van der Waals surface area contributed by atoms with Crippen LogP contribution in [-0.2, 0) is 4.74 Å². The van der Waals surface area contributed by atoms with E-state index in [1.165, 1.54) is 0 Å². The molecule has 0 bridgehead atoms. The Morgan fingerprint density at radius 1 is 1.55 bits per heavy atom. The summed E-state index contributed by atoms with van der Waals surface area (Å²) in [6.45, 7) is 4.67. The maximum atomic E-state index is 8.56. The number of nitriles is 1. The van der Waals surface area contributed by atoms with Gasteiger partial charge in [-0.05, 0) is 20.3 Å². The zero-order chi connectivity index (χ0) is 8.69. The Kier molecular flexibility index (Phi) is 6.59. The molecule has 0 aromatic heterocycles. The van der Waals surface area contributed by atoms with Gasteiger partial charge in [-0.25, -0.2) is 0 Å². The first-order valence-electron chi connectivity index (χ1n) is 3.78. The molecule has 0 fully saturated rings. The first-order valence-corrected chi connectivity index (χ1v) is 4.90. The lowest BCUT2D eigenvalue weighted by Crippen LogP contribution is -2.08. The average molecular weight is 220 g/mol. The summed E-state index contributed by atoms with van der Waals surface area (Å²) in [5.41, 5.74) is 0. The molecule has 0 aliphatic carbocycles. The molecule has 3 heteroatoms. The van der Waals surface area contributed by atoms with Crippen molar-refractivity contribution in [3.63, 3.8) is 0 Å². The van der Waals surface area contributed by atoms with E-state index in [9.17, 15) is 0 Å². The van der Waals surface area contributed by atoms with Crippen molar-refractivity contribution in [3.8, 4) is 6.07 Å². The molecule has 0 heterocycles. The summed E-state index contributed by atoms with van der Waals surface area (Å²) < 4.78 is 5.30. The van der Waals surface area contributed by atoms with Gasteiger partial charge in [-0.2, -0.15) is 5.26 Å². The SMILES string of the molecule is CC(C)OCCC(C#N)CBr. The molecular formula is C8H14BrNO. The van der Waals surface area contributed by atoms with Crippen molar-refractivity contribution >= 4 is 15.9 Å². The van der Waals surface area contributed by atoms with Crippen LogP contribution in [0.15, 0.2) is 0 Å². The molecule has 11 heavy (non-hydrogen) atoms. The molecular weight excluding hydrogens is 206 g/mol. The molecule has 1 atom stereocenters. The van der Waals surface area contributed by atoms with E-state index >= 15 is 0 Å². The van der Waals surface area contributed by atoms with Gasteiger partial charge in [-0.15, -0.1) is 0 Å². The largest absolute Gasteiger partial charge is 0.379 e. The van der Waals surface area contributed by atoms with Crippen LogP contribution in [0.2, 0.25) is 0 Å². The van der Waals surface area contributed by atoms with Crippen LogP contribution in [0.3, 0.4) is 0 Å². The van der Waals surface area contributed by atoms with Crippen LogP contribution in [0, 0.1) is 17.2 Å². The zero-order valence-electron chi connectivity index (χ0n) is 7.01. The maximum Gasteiger partial charge on any atom is 0.0665 e. The molecule has 0 spiro atoms. The number of rotatable bonds is 5. The Balaban J connectivity index is 3.30. The minimum Gasteiger partial charge on any atom is -0.379 e. The van der Waals surface area contributed by atoms with Crippen molar-refractivity contribution < 1.29 is 4.74 Å². The Morgan fingerprint density at radius 2 is 2.18 bits per heavy atom. The lowest BCUT2D eigenvalue weighted by Gasteiger charge is -2.08. The molecule has 0 radical (unpaired) electrons. The van der Waals surface area contributed by atoms with Gasteiger partial charge in [0.25, 0.3) is 0 Å². The van der Waals surface area contributed by atoms with Crippen LogP contribution in [-0.4, -0.2) is 18.0 Å². The van der Waals surface area contributed by atoms with Gasteiger partial charge in [0.15, 0.2) is 0 Å². The average Bonchev–Trinajstić information content (AvgIpc) is 1.98. The minimum absolute atomic E-state index is 0.0914. The predicted molar refractivity (Wildman–Crippen MR) is 48.6 cm³/mol. The first kappa shape index (κ1) is 10.9.